The normalized spacial score (nSPS) is 9.68. The number of anilines is 1. The van der Waals surface area contributed by atoms with Crippen LogP contribution in [0.4, 0.5) is 5.69 Å². The van der Waals surface area contributed by atoms with Crippen molar-refractivity contribution in [2.24, 2.45) is 0 Å². The lowest BCUT2D eigenvalue weighted by molar-refractivity contribution is 0.0602. The average molecular weight is 295 g/mol. The highest BCUT2D eigenvalue weighted by Crippen LogP contribution is 2.17. The Morgan fingerprint density at radius 1 is 1.23 bits per heavy atom. The Morgan fingerprint density at radius 3 is 2.59 bits per heavy atom. The number of esters is 1. The number of carbonyl (C=O) groups excluding carboxylic acids is 2. The van der Waals surface area contributed by atoms with Gasteiger partial charge in [0.1, 0.15) is 11.8 Å². The molecule has 0 unspecified atom stereocenters. The summed E-state index contributed by atoms with van der Waals surface area (Å²) in [5, 5.41) is 11.5. The van der Waals surface area contributed by atoms with E-state index in [4.69, 9.17) is 5.26 Å². The predicted molar refractivity (Wildman–Crippen MR) is 79.4 cm³/mol. The first-order valence-electron chi connectivity index (χ1n) is 6.43. The summed E-state index contributed by atoms with van der Waals surface area (Å²) in [5.41, 5.74) is 1.63. The number of nitrogens with zero attached hydrogens (tertiary/aromatic N) is 2. The monoisotopic (exact) mass is 295 g/mol. The SMILES string of the molecule is COC(=O)c1ccccc1NC(=O)c1ccc(C#N)c(C)n1. The fourth-order valence-electron chi connectivity index (χ4n) is 1.87. The quantitative estimate of drug-likeness (QED) is 0.877. The summed E-state index contributed by atoms with van der Waals surface area (Å²) < 4.78 is 4.67. The van der Waals surface area contributed by atoms with Crippen LogP contribution >= 0.6 is 0 Å². The first-order chi connectivity index (χ1) is 10.6. The van der Waals surface area contributed by atoms with Crippen LogP contribution < -0.4 is 5.32 Å². The Labute approximate surface area is 127 Å². The summed E-state index contributed by atoms with van der Waals surface area (Å²) in [6, 6.07) is 11.5. The number of para-hydroxylation sites is 1. The van der Waals surface area contributed by atoms with Crippen LogP contribution in [0.2, 0.25) is 0 Å². The second-order valence-electron chi connectivity index (χ2n) is 4.43. The second kappa shape index (κ2) is 6.50. The van der Waals surface area contributed by atoms with E-state index in [9.17, 15) is 9.59 Å². The van der Waals surface area contributed by atoms with E-state index in [1.807, 2.05) is 6.07 Å². The standard InChI is InChI=1S/C16H13N3O3/c1-10-11(9-17)7-8-14(18-10)15(20)19-13-6-4-3-5-12(13)16(21)22-2/h3-8H,1-2H3,(H,19,20). The Bertz CT molecular complexity index is 778. The summed E-state index contributed by atoms with van der Waals surface area (Å²) in [6.07, 6.45) is 0. The van der Waals surface area contributed by atoms with Crippen molar-refractivity contribution in [3.05, 3.63) is 58.9 Å². The van der Waals surface area contributed by atoms with Gasteiger partial charge in [0.2, 0.25) is 0 Å². The minimum Gasteiger partial charge on any atom is -0.465 e. The minimum absolute atomic E-state index is 0.163. The molecule has 0 spiro atoms. The Kier molecular flexibility index (Phi) is 4.49. The molecular weight excluding hydrogens is 282 g/mol. The molecule has 6 nitrogen and oxygen atoms in total. The summed E-state index contributed by atoms with van der Waals surface area (Å²) in [7, 11) is 1.27. The van der Waals surface area contributed by atoms with Crippen molar-refractivity contribution in [2.45, 2.75) is 6.92 Å². The zero-order valence-electron chi connectivity index (χ0n) is 12.1. The first-order valence-corrected chi connectivity index (χ1v) is 6.43. The summed E-state index contributed by atoms with van der Waals surface area (Å²) in [5.74, 6) is -1.01. The van der Waals surface area contributed by atoms with Crippen molar-refractivity contribution in [3.8, 4) is 6.07 Å². The van der Waals surface area contributed by atoms with Gasteiger partial charge in [0.15, 0.2) is 0 Å². The number of rotatable bonds is 3. The van der Waals surface area contributed by atoms with Gasteiger partial charge in [-0.2, -0.15) is 5.26 Å². The first kappa shape index (κ1) is 15.2. The van der Waals surface area contributed by atoms with Gasteiger partial charge in [0.05, 0.1) is 29.6 Å². The molecule has 22 heavy (non-hydrogen) atoms. The third kappa shape index (κ3) is 3.10. The van der Waals surface area contributed by atoms with Gasteiger partial charge < -0.3 is 10.1 Å². The molecule has 1 aromatic carbocycles. The molecule has 0 saturated carbocycles. The van der Waals surface area contributed by atoms with E-state index < -0.39 is 11.9 Å². The maximum Gasteiger partial charge on any atom is 0.339 e. The van der Waals surface area contributed by atoms with Gasteiger partial charge in [0, 0.05) is 0 Å². The number of carbonyl (C=O) groups is 2. The molecule has 1 heterocycles. The molecule has 1 amide bonds. The molecule has 2 aromatic rings. The molecule has 1 aromatic heterocycles. The van der Waals surface area contributed by atoms with Crippen molar-refractivity contribution in [1.82, 2.24) is 4.98 Å². The zero-order chi connectivity index (χ0) is 16.1. The highest BCUT2D eigenvalue weighted by Gasteiger charge is 2.15. The number of amides is 1. The molecule has 2 rings (SSSR count). The number of ether oxygens (including phenoxy) is 1. The largest absolute Gasteiger partial charge is 0.465 e. The molecule has 0 aliphatic carbocycles. The second-order valence-corrected chi connectivity index (χ2v) is 4.43. The number of hydrogen-bond acceptors (Lipinski definition) is 5. The fourth-order valence-corrected chi connectivity index (χ4v) is 1.87. The predicted octanol–water partition coefficient (Wildman–Crippen LogP) is 2.30. The Hall–Kier alpha value is -3.20. The van der Waals surface area contributed by atoms with Crippen molar-refractivity contribution in [2.75, 3.05) is 12.4 Å². The fraction of sp³-hybridized carbons (Fsp3) is 0.125. The summed E-state index contributed by atoms with van der Waals surface area (Å²) >= 11 is 0. The number of nitriles is 1. The topological polar surface area (TPSA) is 92.1 Å². The highest BCUT2D eigenvalue weighted by molar-refractivity contribution is 6.07. The number of pyridine rings is 1. The van der Waals surface area contributed by atoms with Gasteiger partial charge in [-0.1, -0.05) is 12.1 Å². The van der Waals surface area contributed by atoms with Crippen LogP contribution in [-0.2, 0) is 4.74 Å². The van der Waals surface area contributed by atoms with Crippen LogP contribution in [0.15, 0.2) is 36.4 Å². The number of nitrogens with one attached hydrogen (secondary N) is 1. The van der Waals surface area contributed by atoms with E-state index in [0.29, 0.717) is 16.9 Å². The van der Waals surface area contributed by atoms with Crippen molar-refractivity contribution >= 4 is 17.6 Å². The average Bonchev–Trinajstić information content (AvgIpc) is 2.54. The van der Waals surface area contributed by atoms with Crippen LogP contribution in [0.1, 0.15) is 32.1 Å². The van der Waals surface area contributed by atoms with Crippen LogP contribution in [0.25, 0.3) is 0 Å². The van der Waals surface area contributed by atoms with Gasteiger partial charge >= 0.3 is 5.97 Å². The molecule has 0 aliphatic rings. The number of benzene rings is 1. The van der Waals surface area contributed by atoms with Crippen LogP contribution in [-0.4, -0.2) is 24.0 Å². The molecule has 0 fully saturated rings. The van der Waals surface area contributed by atoms with Gasteiger partial charge in [-0.15, -0.1) is 0 Å². The zero-order valence-corrected chi connectivity index (χ0v) is 12.1. The molecule has 0 atom stereocenters. The maximum atomic E-state index is 12.2. The van der Waals surface area contributed by atoms with E-state index in [1.165, 1.54) is 19.2 Å². The molecule has 0 aliphatic heterocycles. The van der Waals surface area contributed by atoms with Gasteiger partial charge in [-0.3, -0.25) is 4.79 Å². The lowest BCUT2D eigenvalue weighted by atomic mass is 10.1. The van der Waals surface area contributed by atoms with Crippen LogP contribution in [0.5, 0.6) is 0 Å². The van der Waals surface area contributed by atoms with Crippen LogP contribution in [0.3, 0.4) is 0 Å². The van der Waals surface area contributed by atoms with E-state index in [2.05, 4.69) is 15.0 Å². The number of aromatic nitrogens is 1. The van der Waals surface area contributed by atoms with Gasteiger partial charge in [-0.25, -0.2) is 9.78 Å². The summed E-state index contributed by atoms with van der Waals surface area (Å²) in [6.45, 7) is 1.65. The van der Waals surface area contributed by atoms with Crippen molar-refractivity contribution in [1.29, 1.82) is 5.26 Å². The molecule has 1 N–H and O–H groups in total. The lowest BCUT2D eigenvalue weighted by Crippen LogP contribution is -2.17. The van der Waals surface area contributed by atoms with E-state index in [0.717, 1.165) is 0 Å². The third-order valence-electron chi connectivity index (χ3n) is 3.02. The molecular formula is C16H13N3O3. The van der Waals surface area contributed by atoms with E-state index in [-0.39, 0.29) is 11.3 Å². The van der Waals surface area contributed by atoms with E-state index >= 15 is 0 Å². The van der Waals surface area contributed by atoms with Gasteiger partial charge in [0.25, 0.3) is 5.91 Å². The summed E-state index contributed by atoms with van der Waals surface area (Å²) in [4.78, 5) is 28.0. The van der Waals surface area contributed by atoms with Crippen molar-refractivity contribution in [3.63, 3.8) is 0 Å². The smallest absolute Gasteiger partial charge is 0.339 e. The number of hydrogen-bond donors (Lipinski definition) is 1. The number of aryl methyl sites for hydroxylation is 1. The lowest BCUT2D eigenvalue weighted by Gasteiger charge is -2.09. The molecule has 110 valence electrons. The van der Waals surface area contributed by atoms with Gasteiger partial charge in [-0.05, 0) is 31.2 Å². The Balaban J connectivity index is 2.28. The Morgan fingerprint density at radius 2 is 1.95 bits per heavy atom. The number of methoxy groups -OCH3 is 1. The highest BCUT2D eigenvalue weighted by atomic mass is 16.5. The molecule has 0 saturated heterocycles. The maximum absolute atomic E-state index is 12.2. The minimum atomic E-state index is -0.542. The van der Waals surface area contributed by atoms with Crippen LogP contribution in [0, 0.1) is 18.3 Å². The van der Waals surface area contributed by atoms with E-state index in [1.54, 1.807) is 31.2 Å². The third-order valence-corrected chi connectivity index (χ3v) is 3.02. The molecule has 6 heteroatoms. The molecule has 0 radical (unpaired) electrons. The van der Waals surface area contributed by atoms with Crippen molar-refractivity contribution < 1.29 is 14.3 Å². The molecule has 0 bridgehead atoms.